The first kappa shape index (κ1) is 10.5. The summed E-state index contributed by atoms with van der Waals surface area (Å²) in [6.45, 7) is 5.39. The van der Waals surface area contributed by atoms with E-state index in [2.05, 4.69) is 15.3 Å². The minimum absolute atomic E-state index is 0.541. The second kappa shape index (κ2) is 3.55. The lowest BCUT2D eigenvalue weighted by molar-refractivity contribution is 0.0519. The van der Waals surface area contributed by atoms with Crippen molar-refractivity contribution >= 4 is 17.1 Å². The van der Waals surface area contributed by atoms with Crippen LogP contribution in [0.4, 0.5) is 4.79 Å². The maximum atomic E-state index is 11.8. The van der Waals surface area contributed by atoms with Crippen molar-refractivity contribution in [1.82, 2.24) is 20.0 Å². The molecule has 0 aliphatic rings. The predicted molar refractivity (Wildman–Crippen MR) is 57.0 cm³/mol. The number of hydrogen-bond acceptors (Lipinski definition) is 5. The number of pyridine rings is 1. The number of ether oxygens (including phenoxy) is 1. The van der Waals surface area contributed by atoms with E-state index in [1.165, 1.54) is 0 Å². The van der Waals surface area contributed by atoms with Crippen molar-refractivity contribution in [2.75, 3.05) is 0 Å². The van der Waals surface area contributed by atoms with E-state index >= 15 is 0 Å². The van der Waals surface area contributed by atoms with Gasteiger partial charge in [0.15, 0.2) is 0 Å². The Morgan fingerprint density at radius 1 is 1.44 bits per heavy atom. The highest BCUT2D eigenvalue weighted by Gasteiger charge is 2.20. The second-order valence-electron chi connectivity index (χ2n) is 4.35. The van der Waals surface area contributed by atoms with Gasteiger partial charge in [-0.25, -0.2) is 4.79 Å². The van der Waals surface area contributed by atoms with Gasteiger partial charge in [0, 0.05) is 6.20 Å². The lowest BCUT2D eigenvalue weighted by Gasteiger charge is -2.18. The molecule has 2 aromatic rings. The van der Waals surface area contributed by atoms with Crippen molar-refractivity contribution in [1.29, 1.82) is 0 Å². The van der Waals surface area contributed by atoms with Gasteiger partial charge in [0.1, 0.15) is 16.6 Å². The molecule has 0 saturated heterocycles. The number of rotatable bonds is 0. The zero-order valence-electron chi connectivity index (χ0n) is 9.34. The molecule has 0 bridgehead atoms. The van der Waals surface area contributed by atoms with Gasteiger partial charge in [-0.2, -0.15) is 0 Å². The third-order valence-corrected chi connectivity index (χ3v) is 1.81. The molecule has 0 unspecified atom stereocenters. The minimum Gasteiger partial charge on any atom is -0.442 e. The summed E-state index contributed by atoms with van der Waals surface area (Å²) < 4.78 is 6.32. The molecular weight excluding hydrogens is 208 g/mol. The van der Waals surface area contributed by atoms with Crippen molar-refractivity contribution in [3.63, 3.8) is 0 Å². The largest absolute Gasteiger partial charge is 0.442 e. The molecule has 6 nitrogen and oxygen atoms in total. The monoisotopic (exact) mass is 220 g/mol. The van der Waals surface area contributed by atoms with E-state index in [1.807, 2.05) is 0 Å². The zero-order chi connectivity index (χ0) is 11.8. The van der Waals surface area contributed by atoms with E-state index in [-0.39, 0.29) is 0 Å². The molecular formula is C10H12N4O2. The Bertz CT molecular complexity index is 527. The molecule has 0 saturated carbocycles. The Morgan fingerprint density at radius 2 is 2.19 bits per heavy atom. The molecule has 2 aromatic heterocycles. The summed E-state index contributed by atoms with van der Waals surface area (Å²) >= 11 is 0. The van der Waals surface area contributed by atoms with Gasteiger partial charge in [-0.15, -0.1) is 9.78 Å². The zero-order valence-corrected chi connectivity index (χ0v) is 9.34. The van der Waals surface area contributed by atoms with Crippen LogP contribution < -0.4 is 0 Å². The average Bonchev–Trinajstić information content (AvgIpc) is 2.58. The van der Waals surface area contributed by atoms with Gasteiger partial charge in [-0.1, -0.05) is 5.21 Å². The maximum absolute atomic E-state index is 11.8. The van der Waals surface area contributed by atoms with E-state index < -0.39 is 11.7 Å². The van der Waals surface area contributed by atoms with Gasteiger partial charge < -0.3 is 4.74 Å². The third kappa shape index (κ3) is 2.00. The number of fused-ring (bicyclic) bond motifs is 1. The van der Waals surface area contributed by atoms with Crippen LogP contribution in [0.2, 0.25) is 0 Å². The Kier molecular flexibility index (Phi) is 2.34. The van der Waals surface area contributed by atoms with Crippen LogP contribution in [0.1, 0.15) is 20.8 Å². The lowest BCUT2D eigenvalue weighted by Crippen LogP contribution is -2.27. The maximum Gasteiger partial charge on any atom is 0.437 e. The molecule has 0 radical (unpaired) electrons. The quantitative estimate of drug-likeness (QED) is 0.674. The van der Waals surface area contributed by atoms with Gasteiger partial charge in [0.25, 0.3) is 0 Å². The molecule has 0 aliphatic carbocycles. The topological polar surface area (TPSA) is 69.9 Å². The fraction of sp³-hybridized carbons (Fsp3) is 0.400. The second-order valence-corrected chi connectivity index (χ2v) is 4.35. The van der Waals surface area contributed by atoms with Crippen molar-refractivity contribution in [3.8, 4) is 0 Å². The van der Waals surface area contributed by atoms with Crippen LogP contribution in [-0.2, 0) is 4.74 Å². The molecule has 0 spiro atoms. The normalized spacial score (nSPS) is 11.7. The first-order valence-corrected chi connectivity index (χ1v) is 4.86. The van der Waals surface area contributed by atoms with Crippen LogP contribution in [0, 0.1) is 0 Å². The van der Waals surface area contributed by atoms with Crippen LogP contribution in [0.25, 0.3) is 11.0 Å². The average molecular weight is 220 g/mol. The summed E-state index contributed by atoms with van der Waals surface area (Å²) in [6.07, 6.45) is 2.58. The van der Waals surface area contributed by atoms with E-state index in [4.69, 9.17) is 4.74 Å². The molecule has 0 amide bonds. The smallest absolute Gasteiger partial charge is 0.437 e. The summed E-state index contributed by atoms with van der Waals surface area (Å²) in [7, 11) is 0. The third-order valence-electron chi connectivity index (χ3n) is 1.81. The van der Waals surface area contributed by atoms with Crippen LogP contribution in [0.15, 0.2) is 18.5 Å². The number of hydrogen-bond donors (Lipinski definition) is 0. The van der Waals surface area contributed by atoms with E-state index in [1.54, 1.807) is 39.2 Å². The van der Waals surface area contributed by atoms with Gasteiger partial charge in [-0.05, 0) is 26.8 Å². The Hall–Kier alpha value is -1.98. The Labute approximate surface area is 92.2 Å². The fourth-order valence-corrected chi connectivity index (χ4v) is 1.22. The molecule has 6 heteroatoms. The first-order valence-electron chi connectivity index (χ1n) is 4.86. The summed E-state index contributed by atoms with van der Waals surface area (Å²) in [5, 5.41) is 7.55. The van der Waals surface area contributed by atoms with Gasteiger partial charge in [0.05, 0.1) is 6.20 Å². The van der Waals surface area contributed by atoms with Gasteiger partial charge >= 0.3 is 6.09 Å². The summed E-state index contributed by atoms with van der Waals surface area (Å²) in [5.74, 6) is 0. The summed E-state index contributed by atoms with van der Waals surface area (Å²) in [6, 6.07) is 1.67. The summed E-state index contributed by atoms with van der Waals surface area (Å²) in [5.41, 5.74) is 0.597. The molecule has 84 valence electrons. The Balaban J connectivity index is 2.37. The van der Waals surface area contributed by atoms with Crippen molar-refractivity contribution in [2.45, 2.75) is 26.4 Å². The van der Waals surface area contributed by atoms with Crippen molar-refractivity contribution < 1.29 is 9.53 Å². The molecule has 0 N–H and O–H groups in total. The van der Waals surface area contributed by atoms with Crippen LogP contribution in [0.5, 0.6) is 0 Å². The van der Waals surface area contributed by atoms with E-state index in [9.17, 15) is 4.79 Å². The number of carbonyl (C=O) groups excluding carboxylic acids is 1. The first-order chi connectivity index (χ1) is 7.47. The minimum atomic E-state index is -0.553. The standard InChI is InChI=1S/C10H12N4O2/c1-10(2,3)16-9(15)14-8-4-5-11-6-7(8)12-13-14/h4-6H,1-3H3. The highest BCUT2D eigenvalue weighted by atomic mass is 16.6. The molecule has 0 aromatic carbocycles. The molecule has 16 heavy (non-hydrogen) atoms. The van der Waals surface area contributed by atoms with Crippen molar-refractivity contribution in [2.24, 2.45) is 0 Å². The lowest BCUT2D eigenvalue weighted by atomic mass is 10.2. The summed E-state index contributed by atoms with van der Waals surface area (Å²) in [4.78, 5) is 15.6. The van der Waals surface area contributed by atoms with Crippen LogP contribution in [-0.4, -0.2) is 31.7 Å². The Morgan fingerprint density at radius 3 is 2.88 bits per heavy atom. The molecule has 0 aliphatic heterocycles. The fourth-order valence-electron chi connectivity index (χ4n) is 1.22. The van der Waals surface area contributed by atoms with Crippen molar-refractivity contribution in [3.05, 3.63) is 18.5 Å². The van der Waals surface area contributed by atoms with E-state index in [0.717, 1.165) is 4.68 Å². The number of nitrogens with zero attached hydrogens (tertiary/aromatic N) is 4. The van der Waals surface area contributed by atoms with E-state index in [0.29, 0.717) is 11.0 Å². The molecule has 0 atom stereocenters. The number of aromatic nitrogens is 4. The van der Waals surface area contributed by atoms with Gasteiger partial charge in [0.2, 0.25) is 0 Å². The van der Waals surface area contributed by atoms with Crippen LogP contribution >= 0.6 is 0 Å². The highest BCUT2D eigenvalue weighted by molar-refractivity contribution is 5.84. The SMILES string of the molecule is CC(C)(C)OC(=O)n1nnc2cnccc21. The highest BCUT2D eigenvalue weighted by Crippen LogP contribution is 2.12. The molecule has 2 heterocycles. The van der Waals surface area contributed by atoms with Crippen LogP contribution in [0.3, 0.4) is 0 Å². The predicted octanol–water partition coefficient (Wildman–Crippen LogP) is 1.61. The number of carbonyl (C=O) groups is 1. The van der Waals surface area contributed by atoms with Gasteiger partial charge in [-0.3, -0.25) is 4.98 Å². The molecule has 0 fully saturated rings. The molecule has 2 rings (SSSR count).